The van der Waals surface area contributed by atoms with E-state index >= 15 is 0 Å². The summed E-state index contributed by atoms with van der Waals surface area (Å²) in [4.78, 5) is 32.2. The molecule has 1 atom stereocenters. The maximum Gasteiger partial charge on any atom is 0.196 e. The van der Waals surface area contributed by atoms with Gasteiger partial charge in [0.2, 0.25) is 0 Å². The summed E-state index contributed by atoms with van der Waals surface area (Å²) in [5.74, 6) is 0.318. The number of para-hydroxylation sites is 1. The minimum absolute atomic E-state index is 0.166. The van der Waals surface area contributed by atoms with Gasteiger partial charge >= 0.3 is 0 Å². The molecule has 5 heteroatoms. The Bertz CT molecular complexity index is 1450. The van der Waals surface area contributed by atoms with E-state index in [-0.39, 0.29) is 11.6 Å². The van der Waals surface area contributed by atoms with Crippen molar-refractivity contribution in [2.45, 2.75) is 19.4 Å². The summed E-state index contributed by atoms with van der Waals surface area (Å²) in [6.07, 6.45) is 2.12. The van der Waals surface area contributed by atoms with E-state index in [0.29, 0.717) is 51.7 Å². The van der Waals surface area contributed by atoms with E-state index in [9.17, 15) is 9.59 Å². The van der Waals surface area contributed by atoms with E-state index in [2.05, 4.69) is 17.4 Å². The number of Topliss-reactive ketones (excluding diaryl/α,β-unsaturated/α-hetero) is 2. The molecule has 0 amide bonds. The molecule has 3 aliphatic rings. The molecule has 0 saturated carbocycles. The number of ether oxygens (including phenoxy) is 1. The average molecular weight is 447 g/mol. The van der Waals surface area contributed by atoms with Crippen molar-refractivity contribution in [3.63, 3.8) is 0 Å². The molecule has 0 spiro atoms. The maximum atomic E-state index is 13.7. The van der Waals surface area contributed by atoms with Crippen LogP contribution in [0.4, 0.5) is 5.69 Å². The van der Waals surface area contributed by atoms with Gasteiger partial charge in [-0.2, -0.15) is 0 Å². The van der Waals surface area contributed by atoms with Crippen LogP contribution in [0.3, 0.4) is 0 Å². The summed E-state index contributed by atoms with van der Waals surface area (Å²) < 4.78 is 6.29. The molecule has 1 N–H and O–H groups in total. The van der Waals surface area contributed by atoms with Crippen LogP contribution in [-0.2, 0) is 6.42 Å². The highest BCUT2D eigenvalue weighted by atomic mass is 16.5. The Labute approximate surface area is 197 Å². The molecule has 5 nitrogen and oxygen atoms in total. The molecule has 166 valence electrons. The highest BCUT2D eigenvalue weighted by Gasteiger charge is 2.43. The molecule has 6 rings (SSSR count). The first-order valence-corrected chi connectivity index (χ1v) is 11.4. The quantitative estimate of drug-likeness (QED) is 0.617. The van der Waals surface area contributed by atoms with Crippen LogP contribution in [0.15, 0.2) is 101 Å². The minimum Gasteiger partial charge on any atom is -0.478 e. The Balaban J connectivity index is 1.45. The standard InChI is InChI=1S/C29H22N2O3/c1-17-8-7-13-22-26(17)31-27-23(34-22)16-21(30-15-14-18-9-3-2-4-10-18)24-25(27)29(33)20-12-6-5-11-19(20)28(24)32/h2-13,16,23,30H,14-15H2,1H3. The van der Waals surface area contributed by atoms with Crippen LogP contribution in [-0.4, -0.2) is 29.9 Å². The lowest BCUT2D eigenvalue weighted by molar-refractivity contribution is 0.0978. The summed E-state index contributed by atoms with van der Waals surface area (Å²) in [6, 6.07) is 22.9. The topological polar surface area (TPSA) is 67.8 Å². The molecule has 1 aliphatic heterocycles. The molecular formula is C29H22N2O3. The highest BCUT2D eigenvalue weighted by molar-refractivity contribution is 6.40. The summed E-state index contributed by atoms with van der Waals surface area (Å²) in [6.45, 7) is 2.57. The Morgan fingerprint density at radius 3 is 2.32 bits per heavy atom. The molecule has 3 aromatic rings. The van der Waals surface area contributed by atoms with Crippen molar-refractivity contribution < 1.29 is 14.3 Å². The van der Waals surface area contributed by atoms with E-state index in [0.717, 1.165) is 12.0 Å². The number of benzene rings is 3. The van der Waals surface area contributed by atoms with Crippen molar-refractivity contribution in [1.82, 2.24) is 5.32 Å². The average Bonchev–Trinajstić information content (AvgIpc) is 2.86. The number of fused-ring (bicyclic) bond motifs is 4. The predicted molar refractivity (Wildman–Crippen MR) is 131 cm³/mol. The lowest BCUT2D eigenvalue weighted by Gasteiger charge is -2.34. The molecule has 1 unspecified atom stereocenters. The molecule has 0 saturated heterocycles. The number of rotatable bonds is 4. The fourth-order valence-corrected chi connectivity index (χ4v) is 4.80. The zero-order chi connectivity index (χ0) is 23.2. The molecule has 3 aromatic carbocycles. The van der Waals surface area contributed by atoms with Gasteiger partial charge in [-0.1, -0.05) is 66.7 Å². The van der Waals surface area contributed by atoms with Gasteiger partial charge < -0.3 is 10.1 Å². The van der Waals surface area contributed by atoms with E-state index in [4.69, 9.17) is 9.73 Å². The predicted octanol–water partition coefficient (Wildman–Crippen LogP) is 4.93. The molecular weight excluding hydrogens is 424 g/mol. The van der Waals surface area contributed by atoms with Crippen LogP contribution in [0.1, 0.15) is 31.8 Å². The summed E-state index contributed by atoms with van der Waals surface area (Å²) in [7, 11) is 0. The third kappa shape index (κ3) is 3.20. The van der Waals surface area contributed by atoms with E-state index in [1.807, 2.05) is 49.4 Å². The Morgan fingerprint density at radius 2 is 1.56 bits per heavy atom. The monoisotopic (exact) mass is 446 g/mol. The number of hydrogen-bond acceptors (Lipinski definition) is 5. The number of allylic oxidation sites excluding steroid dienone is 1. The Kier molecular flexibility index (Phi) is 4.77. The SMILES string of the molecule is Cc1cccc2c1N=C1C3=C(C(=O)c4ccccc4C3=O)C(NCCc3ccccc3)=CC1O2. The van der Waals surface area contributed by atoms with Gasteiger partial charge in [0.05, 0.1) is 16.9 Å². The van der Waals surface area contributed by atoms with Gasteiger partial charge in [0.15, 0.2) is 17.7 Å². The second kappa shape index (κ2) is 7.96. The van der Waals surface area contributed by atoms with Gasteiger partial charge in [0.25, 0.3) is 0 Å². The number of ketones is 2. The molecule has 0 radical (unpaired) electrons. The number of aryl methyl sites for hydroxylation is 1. The Morgan fingerprint density at radius 1 is 0.853 bits per heavy atom. The van der Waals surface area contributed by atoms with Crippen molar-refractivity contribution in [3.8, 4) is 5.75 Å². The number of nitrogens with one attached hydrogen (secondary N) is 1. The number of carbonyl (C=O) groups is 2. The normalized spacial score (nSPS) is 18.1. The van der Waals surface area contributed by atoms with Crippen LogP contribution >= 0.6 is 0 Å². The number of hydrogen-bond donors (Lipinski definition) is 1. The van der Waals surface area contributed by atoms with Crippen LogP contribution in [0.2, 0.25) is 0 Å². The highest BCUT2D eigenvalue weighted by Crippen LogP contribution is 2.42. The minimum atomic E-state index is -0.547. The zero-order valence-corrected chi connectivity index (χ0v) is 18.7. The van der Waals surface area contributed by atoms with Crippen LogP contribution in [0.25, 0.3) is 0 Å². The fraction of sp³-hybridized carbons (Fsp3) is 0.138. The molecule has 2 aliphatic carbocycles. The van der Waals surface area contributed by atoms with Crippen LogP contribution < -0.4 is 10.1 Å². The first kappa shape index (κ1) is 20.4. The smallest absolute Gasteiger partial charge is 0.196 e. The molecule has 34 heavy (non-hydrogen) atoms. The van der Waals surface area contributed by atoms with Crippen molar-refractivity contribution in [1.29, 1.82) is 0 Å². The third-order valence-electron chi connectivity index (χ3n) is 6.49. The Hall–Kier alpha value is -4.25. The first-order chi connectivity index (χ1) is 16.6. The second-order valence-electron chi connectivity index (χ2n) is 8.65. The van der Waals surface area contributed by atoms with Gasteiger partial charge in [-0.05, 0) is 36.6 Å². The van der Waals surface area contributed by atoms with Gasteiger partial charge in [-0.15, -0.1) is 0 Å². The maximum absolute atomic E-state index is 13.7. The molecule has 0 aromatic heterocycles. The fourth-order valence-electron chi connectivity index (χ4n) is 4.80. The number of nitrogens with zero attached hydrogens (tertiary/aromatic N) is 1. The van der Waals surface area contributed by atoms with Gasteiger partial charge in [-0.3, -0.25) is 9.59 Å². The van der Waals surface area contributed by atoms with E-state index in [1.54, 1.807) is 24.3 Å². The molecule has 0 bridgehead atoms. The molecule has 0 fully saturated rings. The van der Waals surface area contributed by atoms with Gasteiger partial charge in [0.1, 0.15) is 11.4 Å². The number of carbonyl (C=O) groups excluding carboxylic acids is 2. The second-order valence-corrected chi connectivity index (χ2v) is 8.65. The lowest BCUT2D eigenvalue weighted by Crippen LogP contribution is -2.42. The van der Waals surface area contributed by atoms with Gasteiger partial charge in [0, 0.05) is 23.4 Å². The third-order valence-corrected chi connectivity index (χ3v) is 6.49. The summed E-state index contributed by atoms with van der Waals surface area (Å²) in [5.41, 5.74) is 5.53. The van der Waals surface area contributed by atoms with Crippen LogP contribution in [0.5, 0.6) is 5.75 Å². The first-order valence-electron chi connectivity index (χ1n) is 11.4. The van der Waals surface area contributed by atoms with E-state index < -0.39 is 6.10 Å². The van der Waals surface area contributed by atoms with Crippen LogP contribution in [0, 0.1) is 6.92 Å². The summed E-state index contributed by atoms with van der Waals surface area (Å²) in [5, 5.41) is 3.41. The lowest BCUT2D eigenvalue weighted by atomic mass is 9.76. The number of aliphatic imine (C=N–C) groups is 1. The summed E-state index contributed by atoms with van der Waals surface area (Å²) >= 11 is 0. The zero-order valence-electron chi connectivity index (χ0n) is 18.7. The van der Waals surface area contributed by atoms with Gasteiger partial charge in [-0.25, -0.2) is 4.99 Å². The van der Waals surface area contributed by atoms with E-state index in [1.165, 1.54) is 5.56 Å². The van der Waals surface area contributed by atoms with Crippen molar-refractivity contribution in [3.05, 3.63) is 118 Å². The molecule has 1 heterocycles. The van der Waals surface area contributed by atoms with Crippen molar-refractivity contribution in [2.24, 2.45) is 4.99 Å². The van der Waals surface area contributed by atoms with Crippen molar-refractivity contribution >= 4 is 23.0 Å². The largest absolute Gasteiger partial charge is 0.478 e. The van der Waals surface area contributed by atoms with Crippen molar-refractivity contribution in [2.75, 3.05) is 6.54 Å².